The van der Waals surface area contributed by atoms with Crippen LogP contribution in [0.25, 0.3) is 10.9 Å². The zero-order valence-electron chi connectivity index (χ0n) is 7.90. The number of pyridine rings is 1. The molecule has 74 valence electrons. The number of rotatable bonds is 2. The summed E-state index contributed by atoms with van der Waals surface area (Å²) in [6, 6.07) is 1.84. The number of nitrogens with one attached hydrogen (secondary N) is 1. The summed E-state index contributed by atoms with van der Waals surface area (Å²) in [6.45, 7) is 2.36. The quantitative estimate of drug-likeness (QED) is 0.715. The van der Waals surface area contributed by atoms with Gasteiger partial charge in [-0.15, -0.1) is 0 Å². The van der Waals surface area contributed by atoms with E-state index in [1.807, 2.05) is 13.0 Å². The zero-order chi connectivity index (χ0) is 10.1. The minimum Gasteiger partial charge on any atom is -0.328 e. The molecule has 0 aromatic carbocycles. The van der Waals surface area contributed by atoms with Crippen molar-refractivity contribution in [3.63, 3.8) is 0 Å². The van der Waals surface area contributed by atoms with E-state index < -0.39 is 0 Å². The highest BCUT2D eigenvalue weighted by Gasteiger charge is 2.07. The molecule has 0 aliphatic heterocycles. The Hall–Kier alpha value is -1.62. The number of H-pyrrole nitrogens is 1. The average Bonchev–Trinajstić information content (AvgIpc) is 2.66. The average molecular weight is 192 g/mol. The number of hydrogen-bond acceptors (Lipinski definition) is 3. The first kappa shape index (κ1) is 8.96. The number of nitrogens with zero attached hydrogens (tertiary/aromatic N) is 2. The molecule has 2 aromatic heterocycles. The van der Waals surface area contributed by atoms with Crippen molar-refractivity contribution in [2.75, 3.05) is 6.54 Å². The molecule has 0 amide bonds. The van der Waals surface area contributed by atoms with Crippen molar-refractivity contribution in [3.8, 4) is 0 Å². The minimum absolute atomic E-state index is 0.0156. The summed E-state index contributed by atoms with van der Waals surface area (Å²) in [6.07, 6.45) is 3.28. The first-order chi connectivity index (χ1) is 6.74. The van der Waals surface area contributed by atoms with Gasteiger partial charge in [-0.05, 0) is 13.0 Å². The Bertz CT molecular complexity index is 499. The summed E-state index contributed by atoms with van der Waals surface area (Å²) in [7, 11) is 0. The number of nitrogens with two attached hydrogens (primary N) is 1. The molecule has 5 nitrogen and oxygen atoms in total. The smallest absolute Gasteiger partial charge is 0.261 e. The van der Waals surface area contributed by atoms with E-state index in [1.165, 1.54) is 6.20 Å². The van der Waals surface area contributed by atoms with Gasteiger partial charge in [0.15, 0.2) is 0 Å². The molecule has 5 heteroatoms. The molecule has 1 unspecified atom stereocenters. The number of aromatic amines is 1. The molecule has 14 heavy (non-hydrogen) atoms. The lowest BCUT2D eigenvalue weighted by Crippen LogP contribution is -2.27. The maximum Gasteiger partial charge on any atom is 0.261 e. The Morgan fingerprint density at radius 2 is 2.50 bits per heavy atom. The van der Waals surface area contributed by atoms with Crippen molar-refractivity contribution in [2.24, 2.45) is 5.73 Å². The summed E-state index contributed by atoms with van der Waals surface area (Å²) in [5.41, 5.74) is 6.22. The lowest BCUT2D eigenvalue weighted by atomic mass is 10.3. The molecular formula is C9H12N4O. The van der Waals surface area contributed by atoms with Gasteiger partial charge in [0, 0.05) is 18.8 Å². The van der Waals surface area contributed by atoms with Crippen molar-refractivity contribution >= 4 is 10.9 Å². The minimum atomic E-state index is -0.0470. The molecule has 0 aliphatic carbocycles. The van der Waals surface area contributed by atoms with Gasteiger partial charge in [-0.1, -0.05) is 0 Å². The summed E-state index contributed by atoms with van der Waals surface area (Å²) < 4.78 is 1.62. The van der Waals surface area contributed by atoms with Gasteiger partial charge in [0.2, 0.25) is 0 Å². The Morgan fingerprint density at radius 1 is 1.71 bits per heavy atom. The van der Waals surface area contributed by atoms with E-state index in [0.29, 0.717) is 11.9 Å². The first-order valence-corrected chi connectivity index (χ1v) is 4.48. The van der Waals surface area contributed by atoms with E-state index in [2.05, 4.69) is 10.2 Å². The molecule has 2 heterocycles. The van der Waals surface area contributed by atoms with Crippen LogP contribution in [0.15, 0.2) is 23.3 Å². The van der Waals surface area contributed by atoms with E-state index in [0.717, 1.165) is 5.52 Å². The second-order valence-corrected chi connectivity index (χ2v) is 3.31. The molecule has 0 spiro atoms. The first-order valence-electron chi connectivity index (χ1n) is 4.48. The molecule has 0 saturated heterocycles. The predicted octanol–water partition coefficient (Wildman–Crippen LogP) is 0.244. The van der Waals surface area contributed by atoms with Crippen LogP contribution in [0.1, 0.15) is 13.0 Å². The van der Waals surface area contributed by atoms with E-state index in [4.69, 9.17) is 5.73 Å². The highest BCUT2D eigenvalue weighted by Crippen LogP contribution is 2.06. The number of fused-ring (bicyclic) bond motifs is 1. The molecule has 0 radical (unpaired) electrons. The van der Waals surface area contributed by atoms with Crippen LogP contribution in [0, 0.1) is 0 Å². The molecule has 3 N–H and O–H groups in total. The molecular weight excluding hydrogens is 180 g/mol. The van der Waals surface area contributed by atoms with E-state index in [1.54, 1.807) is 10.8 Å². The molecule has 2 rings (SSSR count). The maximum absolute atomic E-state index is 11.8. The van der Waals surface area contributed by atoms with Gasteiger partial charge in [0.05, 0.1) is 17.1 Å². The summed E-state index contributed by atoms with van der Waals surface area (Å²) in [5, 5.41) is 7.17. The molecule has 0 fully saturated rings. The van der Waals surface area contributed by atoms with Gasteiger partial charge in [0.1, 0.15) is 0 Å². The van der Waals surface area contributed by atoms with Crippen molar-refractivity contribution in [1.82, 2.24) is 14.8 Å². The summed E-state index contributed by atoms with van der Waals surface area (Å²) >= 11 is 0. The topological polar surface area (TPSA) is 76.7 Å². The monoisotopic (exact) mass is 192 g/mol. The van der Waals surface area contributed by atoms with Gasteiger partial charge in [-0.3, -0.25) is 9.89 Å². The Kier molecular flexibility index (Phi) is 2.09. The molecule has 2 aromatic rings. The molecule has 1 atom stereocenters. The molecule has 0 saturated carbocycles. The fraction of sp³-hybridized carbons (Fsp3) is 0.333. The van der Waals surface area contributed by atoms with Gasteiger partial charge in [-0.25, -0.2) is 0 Å². The highest BCUT2D eigenvalue weighted by molar-refractivity contribution is 5.76. The Balaban J connectivity index is 2.68. The van der Waals surface area contributed by atoms with E-state index in [9.17, 15) is 4.79 Å². The third-order valence-electron chi connectivity index (χ3n) is 2.35. The largest absolute Gasteiger partial charge is 0.328 e. The maximum atomic E-state index is 11.8. The van der Waals surface area contributed by atoms with E-state index >= 15 is 0 Å². The normalized spacial score (nSPS) is 13.3. The summed E-state index contributed by atoms with van der Waals surface area (Å²) in [5.74, 6) is 0. The van der Waals surface area contributed by atoms with Gasteiger partial charge in [0.25, 0.3) is 5.56 Å². The molecule has 0 aliphatic rings. The van der Waals surface area contributed by atoms with Crippen LogP contribution in [-0.2, 0) is 0 Å². The highest BCUT2D eigenvalue weighted by atomic mass is 16.1. The second kappa shape index (κ2) is 3.26. The van der Waals surface area contributed by atoms with Crippen molar-refractivity contribution < 1.29 is 0 Å². The van der Waals surface area contributed by atoms with Crippen molar-refractivity contribution in [1.29, 1.82) is 0 Å². The third kappa shape index (κ3) is 1.22. The van der Waals surface area contributed by atoms with Crippen molar-refractivity contribution in [3.05, 3.63) is 28.8 Å². The zero-order valence-corrected chi connectivity index (χ0v) is 7.90. The molecule has 0 bridgehead atoms. The fourth-order valence-electron chi connectivity index (χ4n) is 1.42. The van der Waals surface area contributed by atoms with Crippen LogP contribution in [0.5, 0.6) is 0 Å². The SMILES string of the molecule is CC(CN)n1ccc2[nH]ncc2c1=O. The Morgan fingerprint density at radius 3 is 3.21 bits per heavy atom. The third-order valence-corrected chi connectivity index (χ3v) is 2.35. The van der Waals surface area contributed by atoms with Crippen LogP contribution in [0.4, 0.5) is 0 Å². The predicted molar refractivity (Wildman–Crippen MR) is 54.1 cm³/mol. The standard InChI is InChI=1S/C9H12N4O/c1-6(4-10)13-3-2-8-7(9(13)14)5-11-12-8/h2-3,5-6H,4,10H2,1H3,(H,11,12). The van der Waals surface area contributed by atoms with Crippen LogP contribution in [0.3, 0.4) is 0 Å². The lowest BCUT2D eigenvalue weighted by Gasteiger charge is -2.11. The number of hydrogen-bond donors (Lipinski definition) is 2. The van der Waals surface area contributed by atoms with Gasteiger partial charge < -0.3 is 10.3 Å². The number of aromatic nitrogens is 3. The van der Waals surface area contributed by atoms with Crippen LogP contribution in [0.2, 0.25) is 0 Å². The Labute approximate surface area is 80.5 Å². The lowest BCUT2D eigenvalue weighted by molar-refractivity contribution is 0.543. The van der Waals surface area contributed by atoms with Crippen LogP contribution < -0.4 is 11.3 Å². The van der Waals surface area contributed by atoms with E-state index in [-0.39, 0.29) is 11.6 Å². The fourth-order valence-corrected chi connectivity index (χ4v) is 1.42. The second-order valence-electron chi connectivity index (χ2n) is 3.31. The summed E-state index contributed by atoms with van der Waals surface area (Å²) in [4.78, 5) is 11.8. The van der Waals surface area contributed by atoms with Gasteiger partial charge in [-0.2, -0.15) is 5.10 Å². The van der Waals surface area contributed by atoms with Crippen LogP contribution >= 0.6 is 0 Å². The van der Waals surface area contributed by atoms with Crippen molar-refractivity contribution in [2.45, 2.75) is 13.0 Å². The van der Waals surface area contributed by atoms with Crippen LogP contribution in [-0.4, -0.2) is 21.3 Å². The van der Waals surface area contributed by atoms with Gasteiger partial charge >= 0.3 is 0 Å².